The SMILES string of the molecule is CCN1C(=O)[C@H](CC(=O)Nc2ccccc2)N(CCCc2ccccc2)C1=S. The zero-order valence-corrected chi connectivity index (χ0v) is 16.8. The van der Waals surface area contributed by atoms with Crippen LogP contribution < -0.4 is 5.32 Å². The van der Waals surface area contributed by atoms with Crippen molar-refractivity contribution in [2.75, 3.05) is 18.4 Å². The number of nitrogens with one attached hydrogen (secondary N) is 1. The molecule has 0 spiro atoms. The lowest BCUT2D eigenvalue weighted by Crippen LogP contribution is -2.38. The minimum atomic E-state index is -0.535. The molecule has 6 heteroatoms. The van der Waals surface area contributed by atoms with Crippen LogP contribution in [0.3, 0.4) is 0 Å². The first-order valence-electron chi connectivity index (χ1n) is 9.61. The monoisotopic (exact) mass is 395 g/mol. The van der Waals surface area contributed by atoms with Crippen LogP contribution in [-0.2, 0) is 16.0 Å². The number of anilines is 1. The Bertz CT molecular complexity index is 826. The molecule has 1 heterocycles. The first-order chi connectivity index (χ1) is 13.6. The smallest absolute Gasteiger partial charge is 0.252 e. The van der Waals surface area contributed by atoms with Crippen molar-refractivity contribution in [2.45, 2.75) is 32.2 Å². The summed E-state index contributed by atoms with van der Waals surface area (Å²) in [5.41, 5.74) is 1.98. The topological polar surface area (TPSA) is 52.7 Å². The highest BCUT2D eigenvalue weighted by Crippen LogP contribution is 2.22. The molecule has 1 aliphatic rings. The Labute approximate surface area is 171 Å². The highest BCUT2D eigenvalue weighted by atomic mass is 32.1. The predicted molar refractivity (Wildman–Crippen MR) is 115 cm³/mol. The van der Waals surface area contributed by atoms with Crippen molar-refractivity contribution in [3.8, 4) is 0 Å². The summed E-state index contributed by atoms with van der Waals surface area (Å²) in [4.78, 5) is 28.8. The van der Waals surface area contributed by atoms with Crippen LogP contribution in [0.4, 0.5) is 5.69 Å². The van der Waals surface area contributed by atoms with Gasteiger partial charge in [-0.1, -0.05) is 48.5 Å². The largest absolute Gasteiger partial charge is 0.336 e. The first kappa shape index (κ1) is 20.0. The van der Waals surface area contributed by atoms with Crippen molar-refractivity contribution < 1.29 is 9.59 Å². The Kier molecular flexibility index (Phi) is 6.76. The number of nitrogens with zero attached hydrogens (tertiary/aromatic N) is 2. The van der Waals surface area contributed by atoms with Crippen molar-refractivity contribution in [3.63, 3.8) is 0 Å². The highest BCUT2D eigenvalue weighted by Gasteiger charge is 2.42. The molecular weight excluding hydrogens is 370 g/mol. The van der Waals surface area contributed by atoms with Crippen LogP contribution in [0.5, 0.6) is 0 Å². The number of hydrogen-bond acceptors (Lipinski definition) is 3. The Hall–Kier alpha value is -2.73. The third kappa shape index (κ3) is 4.75. The second-order valence-electron chi connectivity index (χ2n) is 6.78. The fraction of sp³-hybridized carbons (Fsp3) is 0.318. The Morgan fingerprint density at radius 3 is 2.36 bits per heavy atom. The van der Waals surface area contributed by atoms with E-state index in [0.717, 1.165) is 18.5 Å². The fourth-order valence-electron chi connectivity index (χ4n) is 3.44. The summed E-state index contributed by atoms with van der Waals surface area (Å²) in [6, 6.07) is 19.0. The number of amides is 2. The minimum absolute atomic E-state index is 0.0876. The van der Waals surface area contributed by atoms with Crippen LogP contribution >= 0.6 is 12.2 Å². The number of hydrogen-bond donors (Lipinski definition) is 1. The fourth-order valence-corrected chi connectivity index (χ4v) is 3.88. The molecule has 1 fully saturated rings. The van der Waals surface area contributed by atoms with Crippen molar-refractivity contribution in [2.24, 2.45) is 0 Å². The molecule has 0 aromatic heterocycles. The minimum Gasteiger partial charge on any atom is -0.336 e. The van der Waals surface area contributed by atoms with E-state index >= 15 is 0 Å². The third-order valence-electron chi connectivity index (χ3n) is 4.86. The average molecular weight is 396 g/mol. The molecule has 0 unspecified atom stereocenters. The Morgan fingerprint density at radius 1 is 1.07 bits per heavy atom. The van der Waals surface area contributed by atoms with E-state index in [2.05, 4.69) is 17.4 Å². The molecule has 2 amide bonds. The van der Waals surface area contributed by atoms with E-state index in [-0.39, 0.29) is 18.2 Å². The lowest BCUT2D eigenvalue weighted by molar-refractivity contribution is -0.130. The summed E-state index contributed by atoms with van der Waals surface area (Å²) in [6.07, 6.45) is 1.87. The van der Waals surface area contributed by atoms with Gasteiger partial charge in [0.05, 0.1) is 6.42 Å². The summed E-state index contributed by atoms with van der Waals surface area (Å²) in [6.45, 7) is 3.07. The van der Waals surface area contributed by atoms with Crippen LogP contribution in [0.15, 0.2) is 60.7 Å². The molecule has 1 atom stereocenters. The van der Waals surface area contributed by atoms with Crippen LogP contribution in [0.25, 0.3) is 0 Å². The standard InChI is InChI=1S/C22H25N3O2S/c1-2-24-21(27)19(16-20(26)23-18-13-7-4-8-14-18)25(22(24)28)15-9-12-17-10-5-3-6-11-17/h3-8,10-11,13-14,19H,2,9,12,15-16H2,1H3,(H,23,26)/t19-/m0/s1. The zero-order valence-electron chi connectivity index (χ0n) is 16.0. The molecule has 0 radical (unpaired) electrons. The normalized spacial score (nSPS) is 16.5. The summed E-state index contributed by atoms with van der Waals surface area (Å²) < 4.78 is 0. The van der Waals surface area contributed by atoms with Crippen molar-refractivity contribution in [1.29, 1.82) is 0 Å². The van der Waals surface area contributed by atoms with Gasteiger partial charge in [-0.15, -0.1) is 0 Å². The number of carbonyl (C=O) groups excluding carboxylic acids is 2. The summed E-state index contributed by atoms with van der Waals surface area (Å²) in [5.74, 6) is -0.270. The maximum absolute atomic E-state index is 12.8. The molecule has 3 rings (SSSR count). The number of para-hydroxylation sites is 1. The maximum atomic E-state index is 12.8. The van der Waals surface area contributed by atoms with Gasteiger partial charge in [-0.05, 0) is 49.7 Å². The number of aryl methyl sites for hydroxylation is 1. The molecule has 1 saturated heterocycles. The third-order valence-corrected chi connectivity index (χ3v) is 5.32. The van der Waals surface area contributed by atoms with E-state index in [1.807, 2.05) is 60.4 Å². The number of carbonyl (C=O) groups is 2. The van der Waals surface area contributed by atoms with Gasteiger partial charge in [0.2, 0.25) is 5.91 Å². The molecule has 2 aromatic carbocycles. The van der Waals surface area contributed by atoms with E-state index in [0.29, 0.717) is 18.2 Å². The lowest BCUT2D eigenvalue weighted by atomic mass is 10.1. The molecule has 28 heavy (non-hydrogen) atoms. The maximum Gasteiger partial charge on any atom is 0.252 e. The van der Waals surface area contributed by atoms with Gasteiger partial charge in [0.1, 0.15) is 6.04 Å². The van der Waals surface area contributed by atoms with Gasteiger partial charge in [-0.2, -0.15) is 0 Å². The molecule has 146 valence electrons. The van der Waals surface area contributed by atoms with Crippen LogP contribution in [0.1, 0.15) is 25.3 Å². The van der Waals surface area contributed by atoms with Gasteiger partial charge in [0.15, 0.2) is 5.11 Å². The summed E-state index contributed by atoms with van der Waals surface area (Å²) in [5, 5.41) is 3.39. The molecule has 2 aromatic rings. The molecule has 0 bridgehead atoms. The van der Waals surface area contributed by atoms with Gasteiger partial charge in [0, 0.05) is 18.8 Å². The van der Waals surface area contributed by atoms with Crippen molar-refractivity contribution >= 4 is 34.8 Å². The second kappa shape index (κ2) is 9.46. The number of benzene rings is 2. The molecule has 5 nitrogen and oxygen atoms in total. The van der Waals surface area contributed by atoms with Crippen LogP contribution in [-0.4, -0.2) is 45.9 Å². The Balaban J connectivity index is 1.64. The van der Waals surface area contributed by atoms with Gasteiger partial charge >= 0.3 is 0 Å². The number of likely N-dealkylation sites (N-methyl/N-ethyl adjacent to an activating group) is 1. The Morgan fingerprint density at radius 2 is 1.71 bits per heavy atom. The lowest BCUT2D eigenvalue weighted by Gasteiger charge is -2.23. The molecular formula is C22H25N3O2S. The van der Waals surface area contributed by atoms with E-state index < -0.39 is 6.04 Å². The van der Waals surface area contributed by atoms with Gasteiger partial charge in [-0.25, -0.2) is 0 Å². The van der Waals surface area contributed by atoms with Gasteiger partial charge in [0.25, 0.3) is 5.91 Å². The first-order valence-corrected chi connectivity index (χ1v) is 10.0. The summed E-state index contributed by atoms with van der Waals surface area (Å²) in [7, 11) is 0. The number of thiocarbonyl (C=S) groups is 1. The quantitative estimate of drug-likeness (QED) is 0.696. The van der Waals surface area contributed by atoms with E-state index in [4.69, 9.17) is 12.2 Å². The molecule has 1 N–H and O–H groups in total. The van der Waals surface area contributed by atoms with Gasteiger partial charge in [-0.3, -0.25) is 14.5 Å². The van der Waals surface area contributed by atoms with Crippen molar-refractivity contribution in [1.82, 2.24) is 9.80 Å². The van der Waals surface area contributed by atoms with Crippen LogP contribution in [0.2, 0.25) is 0 Å². The predicted octanol–water partition coefficient (Wildman–Crippen LogP) is 3.47. The van der Waals surface area contributed by atoms with Gasteiger partial charge < -0.3 is 10.2 Å². The molecule has 1 aliphatic heterocycles. The zero-order chi connectivity index (χ0) is 19.9. The molecule has 0 saturated carbocycles. The number of rotatable bonds is 8. The van der Waals surface area contributed by atoms with E-state index in [1.54, 1.807) is 4.90 Å². The van der Waals surface area contributed by atoms with E-state index in [1.165, 1.54) is 5.56 Å². The van der Waals surface area contributed by atoms with E-state index in [9.17, 15) is 9.59 Å². The summed E-state index contributed by atoms with van der Waals surface area (Å²) >= 11 is 5.53. The van der Waals surface area contributed by atoms with Crippen molar-refractivity contribution in [3.05, 3.63) is 66.2 Å². The van der Waals surface area contributed by atoms with Crippen LogP contribution in [0, 0.1) is 0 Å². The highest BCUT2D eigenvalue weighted by molar-refractivity contribution is 7.80. The molecule has 0 aliphatic carbocycles. The average Bonchev–Trinajstić information content (AvgIpc) is 2.93. The second-order valence-corrected chi connectivity index (χ2v) is 7.15.